The van der Waals surface area contributed by atoms with Crippen molar-refractivity contribution >= 4 is 0 Å². The first-order valence-corrected chi connectivity index (χ1v) is 5.98. The van der Waals surface area contributed by atoms with Gasteiger partial charge >= 0.3 is 0 Å². The second kappa shape index (κ2) is 4.64. The molecule has 3 heteroatoms. The number of hydrogen-bond acceptors (Lipinski definition) is 3. The van der Waals surface area contributed by atoms with Crippen LogP contribution in [0, 0.1) is 5.92 Å². The third-order valence-electron chi connectivity index (χ3n) is 3.68. The fourth-order valence-electron chi connectivity index (χ4n) is 2.67. The molecule has 0 bridgehead atoms. The second-order valence-corrected chi connectivity index (χ2v) is 5.21. The Morgan fingerprint density at radius 2 is 2.20 bits per heavy atom. The van der Waals surface area contributed by atoms with Gasteiger partial charge in [-0.1, -0.05) is 12.2 Å². The van der Waals surface area contributed by atoms with Crippen LogP contribution >= 0.6 is 0 Å². The van der Waals surface area contributed by atoms with Crippen LogP contribution in [0.3, 0.4) is 0 Å². The number of nitrogens with zero attached hydrogens (tertiary/aromatic N) is 2. The van der Waals surface area contributed by atoms with Gasteiger partial charge < -0.3 is 15.5 Å². The van der Waals surface area contributed by atoms with Crippen LogP contribution in [0.4, 0.5) is 0 Å². The molecule has 86 valence electrons. The first-order chi connectivity index (χ1) is 7.15. The van der Waals surface area contributed by atoms with E-state index in [1.807, 2.05) is 0 Å². The van der Waals surface area contributed by atoms with Crippen LogP contribution in [0.5, 0.6) is 0 Å². The first kappa shape index (κ1) is 11.1. The van der Waals surface area contributed by atoms with Crippen LogP contribution in [0.2, 0.25) is 0 Å². The summed E-state index contributed by atoms with van der Waals surface area (Å²) in [6.07, 6.45) is 6.91. The highest BCUT2D eigenvalue weighted by atomic mass is 15.2. The molecule has 0 saturated carbocycles. The summed E-state index contributed by atoms with van der Waals surface area (Å²) >= 11 is 0. The van der Waals surface area contributed by atoms with Crippen molar-refractivity contribution in [3.05, 3.63) is 12.2 Å². The Labute approximate surface area is 92.9 Å². The van der Waals surface area contributed by atoms with Crippen molar-refractivity contribution in [2.45, 2.75) is 24.9 Å². The van der Waals surface area contributed by atoms with Crippen molar-refractivity contribution in [2.24, 2.45) is 11.7 Å². The van der Waals surface area contributed by atoms with E-state index < -0.39 is 0 Å². The van der Waals surface area contributed by atoms with Gasteiger partial charge in [0.15, 0.2) is 0 Å². The molecular weight excluding hydrogens is 186 g/mol. The molecule has 1 heterocycles. The van der Waals surface area contributed by atoms with Gasteiger partial charge in [-0.2, -0.15) is 0 Å². The second-order valence-electron chi connectivity index (χ2n) is 5.21. The van der Waals surface area contributed by atoms with Crippen LogP contribution in [-0.2, 0) is 0 Å². The van der Waals surface area contributed by atoms with Gasteiger partial charge in [0.25, 0.3) is 0 Å². The molecule has 0 aromatic rings. The van der Waals surface area contributed by atoms with Gasteiger partial charge in [0.05, 0.1) is 0 Å². The minimum atomic E-state index is 0.308. The van der Waals surface area contributed by atoms with E-state index in [1.54, 1.807) is 0 Å². The molecule has 2 aliphatic rings. The van der Waals surface area contributed by atoms with E-state index in [2.05, 4.69) is 36.0 Å². The molecule has 1 aliphatic heterocycles. The van der Waals surface area contributed by atoms with Gasteiger partial charge in [-0.3, -0.25) is 0 Å². The average molecular weight is 209 g/mol. The van der Waals surface area contributed by atoms with Gasteiger partial charge in [0.2, 0.25) is 0 Å². The van der Waals surface area contributed by atoms with Crippen molar-refractivity contribution in [3.8, 4) is 0 Å². The number of rotatable bonds is 3. The highest BCUT2D eigenvalue weighted by Gasteiger charge is 2.26. The van der Waals surface area contributed by atoms with Crippen molar-refractivity contribution < 1.29 is 0 Å². The molecule has 3 atom stereocenters. The van der Waals surface area contributed by atoms with Gasteiger partial charge in [0.1, 0.15) is 0 Å². The zero-order valence-electron chi connectivity index (χ0n) is 9.89. The molecule has 3 nitrogen and oxygen atoms in total. The van der Waals surface area contributed by atoms with Crippen molar-refractivity contribution in [1.82, 2.24) is 9.80 Å². The predicted molar refractivity (Wildman–Crippen MR) is 63.8 cm³/mol. The predicted octanol–water partition coefficient (Wildman–Crippen LogP) is 0.526. The largest absolute Gasteiger partial charge is 0.324 e. The smallest absolute Gasteiger partial charge is 0.0229 e. The minimum Gasteiger partial charge on any atom is -0.324 e. The maximum absolute atomic E-state index is 5.86. The summed E-state index contributed by atoms with van der Waals surface area (Å²) in [7, 11) is 4.36. The van der Waals surface area contributed by atoms with Crippen molar-refractivity contribution in [2.75, 3.05) is 33.7 Å². The Morgan fingerprint density at radius 3 is 2.73 bits per heavy atom. The normalized spacial score (nSPS) is 36.9. The zero-order valence-corrected chi connectivity index (χ0v) is 9.89. The van der Waals surface area contributed by atoms with Crippen LogP contribution in [0.25, 0.3) is 0 Å². The van der Waals surface area contributed by atoms with Gasteiger partial charge in [-0.25, -0.2) is 0 Å². The number of hydrogen-bond donors (Lipinski definition) is 1. The molecular formula is C12H23N3. The van der Waals surface area contributed by atoms with E-state index in [0.717, 1.165) is 12.5 Å². The summed E-state index contributed by atoms with van der Waals surface area (Å²) < 4.78 is 0. The molecule has 0 radical (unpaired) electrons. The molecule has 0 aromatic heterocycles. The fraction of sp³-hybridized carbons (Fsp3) is 0.833. The van der Waals surface area contributed by atoms with Crippen LogP contribution in [0.15, 0.2) is 12.2 Å². The summed E-state index contributed by atoms with van der Waals surface area (Å²) in [6, 6.07) is 1.06. The third kappa shape index (κ3) is 2.80. The molecule has 0 aromatic carbocycles. The molecule has 2 N–H and O–H groups in total. The van der Waals surface area contributed by atoms with E-state index in [1.165, 1.54) is 26.1 Å². The topological polar surface area (TPSA) is 32.5 Å². The van der Waals surface area contributed by atoms with E-state index in [0.29, 0.717) is 12.0 Å². The summed E-state index contributed by atoms with van der Waals surface area (Å²) in [6.45, 7) is 3.68. The summed E-state index contributed by atoms with van der Waals surface area (Å²) in [4.78, 5) is 4.92. The molecule has 3 unspecified atom stereocenters. The lowest BCUT2D eigenvalue weighted by atomic mass is 10.1. The first-order valence-electron chi connectivity index (χ1n) is 5.98. The Balaban J connectivity index is 1.75. The molecule has 15 heavy (non-hydrogen) atoms. The van der Waals surface area contributed by atoms with E-state index in [4.69, 9.17) is 5.73 Å². The molecule has 0 amide bonds. The maximum atomic E-state index is 5.86. The summed E-state index contributed by atoms with van der Waals surface area (Å²) in [5, 5.41) is 0. The number of likely N-dealkylation sites (tertiary alicyclic amines) is 1. The highest BCUT2D eigenvalue weighted by molar-refractivity contribution is 5.05. The summed E-state index contributed by atoms with van der Waals surface area (Å²) in [5.41, 5.74) is 5.86. The minimum absolute atomic E-state index is 0.308. The van der Waals surface area contributed by atoms with Crippen molar-refractivity contribution in [3.63, 3.8) is 0 Å². The number of likely N-dealkylation sites (N-methyl/N-ethyl adjacent to an activating group) is 1. The van der Waals surface area contributed by atoms with Crippen LogP contribution in [-0.4, -0.2) is 55.6 Å². The molecule has 0 spiro atoms. The Hall–Kier alpha value is -0.380. The fourth-order valence-corrected chi connectivity index (χ4v) is 2.67. The van der Waals surface area contributed by atoms with Crippen molar-refractivity contribution in [1.29, 1.82) is 0 Å². The van der Waals surface area contributed by atoms with E-state index in [-0.39, 0.29) is 0 Å². The monoisotopic (exact) mass is 209 g/mol. The molecule has 1 fully saturated rings. The van der Waals surface area contributed by atoms with Crippen LogP contribution in [0.1, 0.15) is 12.8 Å². The van der Waals surface area contributed by atoms with Gasteiger partial charge in [0, 0.05) is 25.2 Å². The van der Waals surface area contributed by atoms with E-state index in [9.17, 15) is 0 Å². The Morgan fingerprint density at radius 1 is 1.40 bits per heavy atom. The molecule has 2 rings (SSSR count). The lowest BCUT2D eigenvalue weighted by Crippen LogP contribution is -2.33. The van der Waals surface area contributed by atoms with Gasteiger partial charge in [-0.05, 0) is 39.4 Å². The lowest BCUT2D eigenvalue weighted by Gasteiger charge is -2.22. The number of nitrogens with two attached hydrogens (primary N) is 1. The summed E-state index contributed by atoms with van der Waals surface area (Å²) in [5.74, 6) is 0.695. The Bertz CT molecular complexity index is 237. The zero-order chi connectivity index (χ0) is 10.8. The standard InChI is InChI=1S/C12H23N3/c1-14(2)12-5-6-15(9-12)8-10-3-4-11(13)7-10/h3-4,10-12H,5-9,13H2,1-2H3. The molecule has 1 saturated heterocycles. The van der Waals surface area contributed by atoms with E-state index >= 15 is 0 Å². The quantitative estimate of drug-likeness (QED) is 0.688. The lowest BCUT2D eigenvalue weighted by molar-refractivity contribution is 0.252. The molecule has 1 aliphatic carbocycles. The SMILES string of the molecule is CN(C)C1CCN(CC2C=CC(N)C2)C1. The average Bonchev–Trinajstić information content (AvgIpc) is 2.76. The third-order valence-corrected chi connectivity index (χ3v) is 3.68. The maximum Gasteiger partial charge on any atom is 0.0229 e. The highest BCUT2D eigenvalue weighted by Crippen LogP contribution is 2.21. The Kier molecular flexibility index (Phi) is 3.44. The van der Waals surface area contributed by atoms with Crippen LogP contribution < -0.4 is 5.73 Å². The van der Waals surface area contributed by atoms with Gasteiger partial charge in [-0.15, -0.1) is 0 Å².